The van der Waals surface area contributed by atoms with Gasteiger partial charge in [-0.15, -0.1) is 0 Å². The van der Waals surface area contributed by atoms with Crippen molar-refractivity contribution in [3.05, 3.63) is 54.7 Å². The molecule has 1 aromatic carbocycles. The van der Waals surface area contributed by atoms with Crippen LogP contribution in [0, 0.1) is 0 Å². The number of anilines is 1. The Kier molecular flexibility index (Phi) is 5.05. The monoisotopic (exact) mass is 332 g/mol. The number of benzene rings is 1. The standard InChI is InChI=1S/C13H12F3N2O3P/c14-13(15,16)10-20-22(19,18-12-8-4-5-9-17-12)21-11-6-2-1-3-7-11/h1-9H,10H2,(H,17,18,19)/t22-/m1/s1. The van der Waals surface area contributed by atoms with E-state index in [9.17, 15) is 17.7 Å². The molecule has 1 N–H and O–H groups in total. The highest BCUT2D eigenvalue weighted by molar-refractivity contribution is 7.55. The van der Waals surface area contributed by atoms with Crippen molar-refractivity contribution in [3.63, 3.8) is 0 Å². The van der Waals surface area contributed by atoms with E-state index in [1.54, 1.807) is 30.3 Å². The minimum Gasteiger partial charge on any atom is -0.409 e. The molecule has 0 saturated heterocycles. The summed E-state index contributed by atoms with van der Waals surface area (Å²) in [5, 5.41) is 2.28. The average Bonchev–Trinajstić information content (AvgIpc) is 2.47. The van der Waals surface area contributed by atoms with Gasteiger partial charge in [-0.2, -0.15) is 13.2 Å². The summed E-state index contributed by atoms with van der Waals surface area (Å²) in [4.78, 5) is 3.83. The fraction of sp³-hybridized carbons (Fsp3) is 0.154. The van der Waals surface area contributed by atoms with Crippen LogP contribution in [0.4, 0.5) is 19.0 Å². The lowest BCUT2D eigenvalue weighted by Crippen LogP contribution is -2.19. The molecule has 1 heterocycles. The van der Waals surface area contributed by atoms with Gasteiger partial charge in [0.05, 0.1) is 0 Å². The summed E-state index contributed by atoms with van der Waals surface area (Å²) in [6.45, 7) is -1.71. The first kappa shape index (κ1) is 16.3. The van der Waals surface area contributed by atoms with Crippen molar-refractivity contribution in [1.29, 1.82) is 0 Å². The van der Waals surface area contributed by atoms with Crippen molar-refractivity contribution in [2.24, 2.45) is 0 Å². The lowest BCUT2D eigenvalue weighted by Gasteiger charge is -2.20. The Morgan fingerprint density at radius 1 is 1.09 bits per heavy atom. The number of nitrogens with one attached hydrogen (secondary N) is 1. The zero-order chi connectivity index (χ0) is 16.1. The number of hydrogen-bond acceptors (Lipinski definition) is 4. The molecular formula is C13H12F3N2O3P. The summed E-state index contributed by atoms with van der Waals surface area (Å²) < 4.78 is 59.0. The Hall–Kier alpha value is -2.05. The number of aromatic nitrogens is 1. The zero-order valence-electron chi connectivity index (χ0n) is 11.2. The molecule has 2 rings (SSSR count). The first-order valence-electron chi connectivity index (χ1n) is 6.12. The van der Waals surface area contributed by atoms with Gasteiger partial charge in [0, 0.05) is 6.20 Å². The fourth-order valence-electron chi connectivity index (χ4n) is 1.43. The molecule has 5 nitrogen and oxygen atoms in total. The first-order valence-corrected chi connectivity index (χ1v) is 7.66. The highest BCUT2D eigenvalue weighted by Crippen LogP contribution is 2.48. The Labute approximate surface area is 124 Å². The molecule has 0 radical (unpaired) electrons. The number of halogens is 3. The van der Waals surface area contributed by atoms with Crippen LogP contribution in [0.3, 0.4) is 0 Å². The molecule has 0 fully saturated rings. The maximum absolute atomic E-state index is 12.5. The first-order chi connectivity index (χ1) is 10.4. The second kappa shape index (κ2) is 6.81. The molecule has 0 saturated carbocycles. The third-order valence-electron chi connectivity index (χ3n) is 2.28. The van der Waals surface area contributed by atoms with Crippen LogP contribution in [-0.2, 0) is 9.09 Å². The van der Waals surface area contributed by atoms with Crippen LogP contribution in [0.25, 0.3) is 0 Å². The molecule has 1 atom stereocenters. The predicted octanol–water partition coefficient (Wildman–Crippen LogP) is 4.26. The van der Waals surface area contributed by atoms with Gasteiger partial charge in [-0.05, 0) is 24.3 Å². The van der Waals surface area contributed by atoms with Crippen LogP contribution in [0.15, 0.2) is 54.7 Å². The largest absolute Gasteiger partial charge is 0.487 e. The van der Waals surface area contributed by atoms with Crippen molar-refractivity contribution >= 4 is 13.6 Å². The second-order valence-electron chi connectivity index (χ2n) is 4.12. The Morgan fingerprint density at radius 3 is 2.36 bits per heavy atom. The van der Waals surface area contributed by atoms with E-state index >= 15 is 0 Å². The lowest BCUT2D eigenvalue weighted by atomic mass is 10.3. The molecule has 22 heavy (non-hydrogen) atoms. The van der Waals surface area contributed by atoms with Crippen LogP contribution in [-0.4, -0.2) is 17.8 Å². The normalized spacial score (nSPS) is 14.1. The van der Waals surface area contributed by atoms with Gasteiger partial charge >= 0.3 is 13.9 Å². The topological polar surface area (TPSA) is 60.5 Å². The summed E-state index contributed by atoms with van der Waals surface area (Å²) in [5.41, 5.74) is 0. The van der Waals surface area contributed by atoms with Crippen molar-refractivity contribution in [1.82, 2.24) is 4.98 Å². The lowest BCUT2D eigenvalue weighted by molar-refractivity contribution is -0.154. The molecule has 0 aliphatic heterocycles. The van der Waals surface area contributed by atoms with E-state index in [2.05, 4.69) is 14.6 Å². The van der Waals surface area contributed by atoms with E-state index in [0.29, 0.717) is 0 Å². The predicted molar refractivity (Wildman–Crippen MR) is 74.5 cm³/mol. The number of nitrogens with zero attached hydrogens (tertiary/aromatic N) is 1. The van der Waals surface area contributed by atoms with Crippen LogP contribution >= 0.6 is 7.75 Å². The molecule has 0 unspecified atom stereocenters. The SMILES string of the molecule is O=[P@](Nc1ccccn1)(OCC(F)(F)F)Oc1ccccc1. The Bertz CT molecular complexity index is 592. The second-order valence-corrected chi connectivity index (χ2v) is 5.78. The van der Waals surface area contributed by atoms with Gasteiger partial charge in [-0.25, -0.2) is 9.55 Å². The zero-order valence-corrected chi connectivity index (χ0v) is 12.1. The molecular weight excluding hydrogens is 320 g/mol. The van der Waals surface area contributed by atoms with Crippen LogP contribution in [0.1, 0.15) is 0 Å². The van der Waals surface area contributed by atoms with E-state index in [4.69, 9.17) is 4.52 Å². The molecule has 118 valence electrons. The van der Waals surface area contributed by atoms with Crippen LogP contribution in [0.2, 0.25) is 0 Å². The van der Waals surface area contributed by atoms with E-state index < -0.39 is 20.5 Å². The number of para-hydroxylation sites is 1. The highest BCUT2D eigenvalue weighted by Gasteiger charge is 2.36. The number of hydrogen-bond donors (Lipinski definition) is 1. The summed E-state index contributed by atoms with van der Waals surface area (Å²) in [6.07, 6.45) is -3.25. The van der Waals surface area contributed by atoms with Crippen molar-refractivity contribution in [2.45, 2.75) is 6.18 Å². The summed E-state index contributed by atoms with van der Waals surface area (Å²) >= 11 is 0. The van der Waals surface area contributed by atoms with Crippen LogP contribution < -0.4 is 9.61 Å². The van der Waals surface area contributed by atoms with Gasteiger partial charge in [0.25, 0.3) is 0 Å². The molecule has 9 heteroatoms. The Balaban J connectivity index is 2.17. The van der Waals surface area contributed by atoms with Gasteiger partial charge < -0.3 is 4.52 Å². The Morgan fingerprint density at radius 2 is 1.77 bits per heavy atom. The smallest absolute Gasteiger partial charge is 0.409 e. The number of rotatable bonds is 6. The van der Waals surface area contributed by atoms with E-state index in [-0.39, 0.29) is 11.6 Å². The van der Waals surface area contributed by atoms with E-state index in [1.165, 1.54) is 24.4 Å². The maximum atomic E-state index is 12.5. The summed E-state index contributed by atoms with van der Waals surface area (Å²) in [6, 6.07) is 12.4. The fourth-order valence-corrected chi connectivity index (χ4v) is 2.72. The van der Waals surface area contributed by atoms with Gasteiger partial charge in [0.15, 0.2) is 6.61 Å². The summed E-state index contributed by atoms with van der Waals surface area (Å²) in [5.74, 6) is 0.181. The van der Waals surface area contributed by atoms with Gasteiger partial charge in [-0.1, -0.05) is 24.3 Å². The third kappa shape index (κ3) is 5.38. The quantitative estimate of drug-likeness (QED) is 0.801. The van der Waals surface area contributed by atoms with E-state index in [1.807, 2.05) is 0 Å². The van der Waals surface area contributed by atoms with Crippen molar-refractivity contribution in [3.8, 4) is 5.75 Å². The maximum Gasteiger partial charge on any atom is 0.487 e. The van der Waals surface area contributed by atoms with Crippen LogP contribution in [0.5, 0.6) is 5.75 Å². The molecule has 0 aliphatic rings. The molecule has 0 amide bonds. The highest BCUT2D eigenvalue weighted by atomic mass is 31.2. The molecule has 0 spiro atoms. The van der Waals surface area contributed by atoms with Gasteiger partial charge in [0.1, 0.15) is 11.6 Å². The molecule has 0 bridgehead atoms. The number of alkyl halides is 3. The molecule has 2 aromatic rings. The van der Waals surface area contributed by atoms with Gasteiger partial charge in [0.2, 0.25) is 0 Å². The van der Waals surface area contributed by atoms with Crippen molar-refractivity contribution in [2.75, 3.05) is 11.7 Å². The summed E-state index contributed by atoms with van der Waals surface area (Å²) in [7, 11) is -4.29. The minimum absolute atomic E-state index is 0.0731. The molecule has 0 aliphatic carbocycles. The van der Waals surface area contributed by atoms with E-state index in [0.717, 1.165) is 0 Å². The third-order valence-corrected chi connectivity index (χ3v) is 3.71. The molecule has 1 aromatic heterocycles. The van der Waals surface area contributed by atoms with Gasteiger partial charge in [-0.3, -0.25) is 9.61 Å². The minimum atomic E-state index is -4.64. The number of pyridine rings is 1. The average molecular weight is 332 g/mol. The van der Waals surface area contributed by atoms with Crippen molar-refractivity contribution < 1.29 is 26.8 Å².